The molecule has 2 atom stereocenters. The molecule has 1 heterocycles. The molecule has 1 aromatic rings. The number of benzene rings is 1. The Hall–Kier alpha value is -1.42. The van der Waals surface area contributed by atoms with Gasteiger partial charge in [-0.1, -0.05) is 31.2 Å². The molecule has 2 aliphatic rings. The lowest BCUT2D eigenvalue weighted by Crippen LogP contribution is -2.46. The predicted molar refractivity (Wildman–Crippen MR) is 69.6 cm³/mol. The molecule has 1 aliphatic carbocycles. The van der Waals surface area contributed by atoms with Crippen molar-refractivity contribution in [2.75, 3.05) is 0 Å². The van der Waals surface area contributed by atoms with Gasteiger partial charge in [-0.3, -0.25) is 4.79 Å². The molecule has 1 aromatic carbocycles. The van der Waals surface area contributed by atoms with E-state index in [-0.39, 0.29) is 5.91 Å². The summed E-state index contributed by atoms with van der Waals surface area (Å²) in [6.45, 7) is 2.21. The number of hydrogen-bond donors (Lipinski definition) is 2. The van der Waals surface area contributed by atoms with Crippen molar-refractivity contribution >= 4 is 23.2 Å². The van der Waals surface area contributed by atoms with Gasteiger partial charge in [0.15, 0.2) is 5.11 Å². The fourth-order valence-electron chi connectivity index (χ4n) is 2.90. The number of fused-ring (bicyclic) bond motifs is 2. The van der Waals surface area contributed by atoms with E-state index < -0.39 is 5.54 Å². The molecule has 0 bridgehead atoms. The maximum absolute atomic E-state index is 12.2. The van der Waals surface area contributed by atoms with E-state index in [9.17, 15) is 4.79 Å². The molecule has 1 fully saturated rings. The van der Waals surface area contributed by atoms with Gasteiger partial charge in [0.25, 0.3) is 5.91 Å². The van der Waals surface area contributed by atoms with Crippen molar-refractivity contribution in [3.05, 3.63) is 35.4 Å². The number of carbonyl (C=O) groups is 1. The Morgan fingerprint density at radius 2 is 2.18 bits per heavy atom. The first kappa shape index (κ1) is 10.7. The molecule has 0 saturated carbocycles. The molecule has 1 saturated heterocycles. The van der Waals surface area contributed by atoms with Crippen LogP contribution in [0.15, 0.2) is 24.3 Å². The van der Waals surface area contributed by atoms with Gasteiger partial charge in [-0.15, -0.1) is 0 Å². The summed E-state index contributed by atoms with van der Waals surface area (Å²) < 4.78 is 0. The number of rotatable bonds is 0. The first-order valence-corrected chi connectivity index (χ1v) is 6.27. The lowest BCUT2D eigenvalue weighted by Gasteiger charge is -2.36. The van der Waals surface area contributed by atoms with Gasteiger partial charge in [0.2, 0.25) is 0 Å². The molecule has 1 spiro atoms. The predicted octanol–water partition coefficient (Wildman–Crippen LogP) is 1.78. The molecule has 1 amide bonds. The van der Waals surface area contributed by atoms with Crippen LogP contribution in [-0.4, -0.2) is 11.0 Å². The summed E-state index contributed by atoms with van der Waals surface area (Å²) in [4.78, 5) is 12.2. The standard InChI is InChI=1S/C13H14N2OS/c1-8-6-7-13(11(16)14-12(17)15-13)10-5-3-2-4-9(8)10/h2-5,8H,6-7H2,1H3,(H2,14,15,16,17). The third-order valence-electron chi connectivity index (χ3n) is 3.85. The minimum Gasteiger partial charge on any atom is -0.344 e. The lowest BCUT2D eigenvalue weighted by molar-refractivity contribution is -0.124. The fraction of sp³-hybridized carbons (Fsp3) is 0.385. The Morgan fingerprint density at radius 3 is 2.88 bits per heavy atom. The highest BCUT2D eigenvalue weighted by Crippen LogP contribution is 2.42. The number of amides is 1. The molecule has 88 valence electrons. The third kappa shape index (κ3) is 1.40. The second-order valence-electron chi connectivity index (χ2n) is 4.84. The summed E-state index contributed by atoms with van der Waals surface area (Å²) in [6, 6.07) is 8.15. The van der Waals surface area contributed by atoms with Gasteiger partial charge < -0.3 is 10.6 Å². The van der Waals surface area contributed by atoms with Gasteiger partial charge in [-0.25, -0.2) is 0 Å². The van der Waals surface area contributed by atoms with Gasteiger partial charge in [0.05, 0.1) is 0 Å². The van der Waals surface area contributed by atoms with Crippen LogP contribution in [0.25, 0.3) is 0 Å². The Balaban J connectivity index is 2.18. The van der Waals surface area contributed by atoms with Crippen molar-refractivity contribution in [1.29, 1.82) is 0 Å². The molecule has 4 heteroatoms. The average Bonchev–Trinajstić information content (AvgIpc) is 2.61. The van der Waals surface area contributed by atoms with E-state index in [4.69, 9.17) is 12.2 Å². The van der Waals surface area contributed by atoms with Crippen LogP contribution < -0.4 is 10.6 Å². The molecule has 0 radical (unpaired) electrons. The first-order valence-electron chi connectivity index (χ1n) is 5.86. The maximum Gasteiger partial charge on any atom is 0.256 e. The SMILES string of the molecule is CC1CCC2(NC(=S)NC2=O)c2ccccc21. The van der Waals surface area contributed by atoms with Gasteiger partial charge in [0, 0.05) is 0 Å². The van der Waals surface area contributed by atoms with Crippen molar-refractivity contribution in [2.24, 2.45) is 0 Å². The minimum absolute atomic E-state index is 0.0122. The highest BCUT2D eigenvalue weighted by Gasteiger charge is 2.49. The molecule has 3 rings (SSSR count). The molecular weight excluding hydrogens is 232 g/mol. The van der Waals surface area contributed by atoms with Crippen LogP contribution in [0.3, 0.4) is 0 Å². The summed E-state index contributed by atoms with van der Waals surface area (Å²) in [6.07, 6.45) is 1.80. The number of hydrogen-bond acceptors (Lipinski definition) is 2. The van der Waals surface area contributed by atoms with Crippen molar-refractivity contribution in [3.63, 3.8) is 0 Å². The Labute approximate surface area is 106 Å². The zero-order valence-corrected chi connectivity index (χ0v) is 10.4. The van der Waals surface area contributed by atoms with E-state index >= 15 is 0 Å². The number of thiocarbonyl (C=S) groups is 1. The lowest BCUT2D eigenvalue weighted by atomic mass is 9.72. The van der Waals surface area contributed by atoms with Gasteiger partial charge in [0.1, 0.15) is 5.54 Å². The van der Waals surface area contributed by atoms with Crippen LogP contribution in [0.4, 0.5) is 0 Å². The molecule has 3 nitrogen and oxygen atoms in total. The van der Waals surface area contributed by atoms with E-state index in [2.05, 4.69) is 23.6 Å². The number of nitrogens with one attached hydrogen (secondary N) is 2. The Morgan fingerprint density at radius 1 is 1.41 bits per heavy atom. The van der Waals surface area contributed by atoms with Gasteiger partial charge >= 0.3 is 0 Å². The first-order chi connectivity index (χ1) is 8.13. The normalized spacial score (nSPS) is 31.0. The van der Waals surface area contributed by atoms with Crippen molar-refractivity contribution < 1.29 is 4.79 Å². The van der Waals surface area contributed by atoms with Gasteiger partial charge in [-0.05, 0) is 42.1 Å². The zero-order valence-electron chi connectivity index (χ0n) is 9.62. The Bertz CT molecular complexity index is 514. The maximum atomic E-state index is 12.2. The number of carbonyl (C=O) groups excluding carboxylic acids is 1. The second kappa shape index (κ2) is 3.53. The van der Waals surface area contributed by atoms with Crippen LogP contribution in [0.5, 0.6) is 0 Å². The highest BCUT2D eigenvalue weighted by atomic mass is 32.1. The van der Waals surface area contributed by atoms with E-state index in [0.29, 0.717) is 11.0 Å². The van der Waals surface area contributed by atoms with E-state index in [1.807, 2.05) is 18.2 Å². The molecular formula is C13H14N2OS. The smallest absolute Gasteiger partial charge is 0.256 e. The second-order valence-corrected chi connectivity index (χ2v) is 5.25. The summed E-state index contributed by atoms with van der Waals surface area (Å²) in [5.74, 6) is 0.488. The van der Waals surface area contributed by atoms with Crippen molar-refractivity contribution in [1.82, 2.24) is 10.6 Å². The quantitative estimate of drug-likeness (QED) is 0.686. The van der Waals surface area contributed by atoms with E-state index in [0.717, 1.165) is 18.4 Å². The fourth-order valence-corrected chi connectivity index (χ4v) is 3.16. The molecule has 1 aliphatic heterocycles. The minimum atomic E-state index is -0.625. The van der Waals surface area contributed by atoms with Crippen LogP contribution in [0.1, 0.15) is 36.8 Å². The van der Waals surface area contributed by atoms with Crippen molar-refractivity contribution in [3.8, 4) is 0 Å². The van der Waals surface area contributed by atoms with Crippen LogP contribution in [-0.2, 0) is 10.3 Å². The summed E-state index contributed by atoms with van der Waals surface area (Å²) in [5.41, 5.74) is 1.71. The molecule has 0 aromatic heterocycles. The average molecular weight is 246 g/mol. The monoisotopic (exact) mass is 246 g/mol. The third-order valence-corrected chi connectivity index (χ3v) is 4.05. The Kier molecular flexibility index (Phi) is 2.23. The van der Waals surface area contributed by atoms with Crippen LogP contribution >= 0.6 is 12.2 Å². The van der Waals surface area contributed by atoms with E-state index in [1.165, 1.54) is 5.56 Å². The summed E-state index contributed by atoms with van der Waals surface area (Å²) >= 11 is 5.07. The summed E-state index contributed by atoms with van der Waals surface area (Å²) in [5, 5.41) is 6.32. The summed E-state index contributed by atoms with van der Waals surface area (Å²) in [7, 11) is 0. The zero-order chi connectivity index (χ0) is 12.0. The molecule has 2 unspecified atom stereocenters. The van der Waals surface area contributed by atoms with Crippen LogP contribution in [0.2, 0.25) is 0 Å². The highest BCUT2D eigenvalue weighted by molar-refractivity contribution is 7.80. The largest absolute Gasteiger partial charge is 0.344 e. The van der Waals surface area contributed by atoms with Crippen LogP contribution in [0, 0.1) is 0 Å². The molecule has 17 heavy (non-hydrogen) atoms. The van der Waals surface area contributed by atoms with E-state index in [1.54, 1.807) is 0 Å². The van der Waals surface area contributed by atoms with Crippen molar-refractivity contribution in [2.45, 2.75) is 31.2 Å². The topological polar surface area (TPSA) is 41.1 Å². The van der Waals surface area contributed by atoms with Gasteiger partial charge in [-0.2, -0.15) is 0 Å². The molecule has 2 N–H and O–H groups in total.